The van der Waals surface area contributed by atoms with E-state index in [1.54, 1.807) is 0 Å². The first-order valence-electron chi connectivity index (χ1n) is 14.3. The third-order valence-corrected chi connectivity index (χ3v) is 8.75. The summed E-state index contributed by atoms with van der Waals surface area (Å²) in [7, 11) is 4.36. The van der Waals surface area contributed by atoms with Gasteiger partial charge in [-0.2, -0.15) is 0 Å². The van der Waals surface area contributed by atoms with Gasteiger partial charge in [0, 0.05) is 60.9 Å². The highest BCUT2D eigenvalue weighted by molar-refractivity contribution is 5.97. The summed E-state index contributed by atoms with van der Waals surface area (Å²) in [6.07, 6.45) is 6.67. The molecule has 1 amide bonds. The van der Waals surface area contributed by atoms with E-state index in [1.165, 1.54) is 24.1 Å². The minimum absolute atomic E-state index is 0.121. The molecule has 7 nitrogen and oxygen atoms in total. The van der Waals surface area contributed by atoms with E-state index in [-0.39, 0.29) is 18.0 Å². The molecule has 1 saturated heterocycles. The molecule has 7 heteroatoms. The Morgan fingerprint density at radius 1 is 1.00 bits per heavy atom. The van der Waals surface area contributed by atoms with Crippen molar-refractivity contribution in [1.29, 1.82) is 0 Å². The number of amides is 1. The molecule has 4 rings (SSSR count). The number of anilines is 1. The molecule has 2 fully saturated rings. The Morgan fingerprint density at radius 2 is 1.66 bits per heavy atom. The van der Waals surface area contributed by atoms with Crippen LogP contribution in [-0.2, 0) is 11.3 Å². The van der Waals surface area contributed by atoms with Crippen LogP contribution >= 0.6 is 0 Å². The molecule has 0 spiro atoms. The standard InChI is InChI=1S/C31H46N4O3/c1-7-35(26-10-8-25(9-11-26)34(5)6)29-18-24(23-12-14-38-15-13-23)17-27(22(29)4)30(36)32-19-28-20(2)16-21(3)33-31(28)37/h16-18,23,25-26H,7-15,19H2,1-6H3,(H,32,36)(H,33,37). The zero-order chi connectivity index (χ0) is 27.4. The zero-order valence-electron chi connectivity index (χ0n) is 24.2. The van der Waals surface area contributed by atoms with Crippen LogP contribution in [0.5, 0.6) is 0 Å². The second-order valence-corrected chi connectivity index (χ2v) is 11.4. The van der Waals surface area contributed by atoms with Gasteiger partial charge < -0.3 is 24.8 Å². The highest BCUT2D eigenvalue weighted by atomic mass is 16.5. The molecule has 2 heterocycles. The Bertz CT molecular complexity index is 1170. The monoisotopic (exact) mass is 522 g/mol. The van der Waals surface area contributed by atoms with Gasteiger partial charge in [-0.25, -0.2) is 0 Å². The summed E-state index contributed by atoms with van der Waals surface area (Å²) in [5.41, 5.74) is 6.33. The number of rotatable bonds is 8. The minimum Gasteiger partial charge on any atom is -0.381 e. The van der Waals surface area contributed by atoms with E-state index < -0.39 is 0 Å². The quantitative estimate of drug-likeness (QED) is 0.520. The number of aryl methyl sites for hydroxylation is 2. The number of carbonyl (C=O) groups is 1. The highest BCUT2D eigenvalue weighted by Crippen LogP contribution is 2.36. The molecule has 0 atom stereocenters. The predicted octanol–water partition coefficient (Wildman–Crippen LogP) is 4.82. The fraction of sp³-hybridized carbons (Fsp3) is 0.613. The SMILES string of the molecule is CCN(c1cc(C2CCOCC2)cc(C(=O)NCc2c(C)cc(C)[nH]c2=O)c1C)C1CCC(N(C)C)CC1. The molecule has 0 bridgehead atoms. The van der Waals surface area contributed by atoms with Gasteiger partial charge in [-0.05, 0) is 121 Å². The van der Waals surface area contributed by atoms with Crippen molar-refractivity contribution in [2.24, 2.45) is 0 Å². The van der Waals surface area contributed by atoms with E-state index in [0.717, 1.165) is 62.3 Å². The summed E-state index contributed by atoms with van der Waals surface area (Å²) in [5, 5.41) is 3.06. The van der Waals surface area contributed by atoms with Crippen LogP contribution in [0.25, 0.3) is 0 Å². The number of carbonyl (C=O) groups excluding carboxylic acids is 1. The minimum atomic E-state index is -0.137. The first kappa shape index (κ1) is 28.4. The van der Waals surface area contributed by atoms with Gasteiger partial charge in [0.15, 0.2) is 0 Å². The van der Waals surface area contributed by atoms with E-state index in [9.17, 15) is 9.59 Å². The molecule has 1 aromatic heterocycles. The van der Waals surface area contributed by atoms with Crippen molar-refractivity contribution in [2.45, 2.75) is 90.8 Å². The molecule has 1 aromatic carbocycles. The Kier molecular flexibility index (Phi) is 9.32. The number of hydrogen-bond donors (Lipinski definition) is 2. The van der Waals surface area contributed by atoms with Crippen LogP contribution in [0.2, 0.25) is 0 Å². The van der Waals surface area contributed by atoms with Crippen molar-refractivity contribution in [2.75, 3.05) is 38.8 Å². The second kappa shape index (κ2) is 12.5. The summed E-state index contributed by atoms with van der Waals surface area (Å²) < 4.78 is 5.64. The second-order valence-electron chi connectivity index (χ2n) is 11.4. The number of hydrogen-bond acceptors (Lipinski definition) is 5. The number of benzene rings is 1. The number of aromatic nitrogens is 1. The van der Waals surface area contributed by atoms with Crippen molar-refractivity contribution >= 4 is 11.6 Å². The lowest BCUT2D eigenvalue weighted by atomic mass is 9.86. The normalized spacial score (nSPS) is 20.5. The smallest absolute Gasteiger partial charge is 0.253 e. The zero-order valence-corrected chi connectivity index (χ0v) is 24.2. The molecule has 0 radical (unpaired) electrons. The average molecular weight is 523 g/mol. The number of ether oxygens (including phenoxy) is 1. The lowest BCUT2D eigenvalue weighted by Crippen LogP contribution is -2.42. The van der Waals surface area contributed by atoms with Gasteiger partial charge in [-0.1, -0.05) is 0 Å². The summed E-state index contributed by atoms with van der Waals surface area (Å²) in [6.45, 7) is 10.7. The van der Waals surface area contributed by atoms with E-state index in [4.69, 9.17) is 4.74 Å². The van der Waals surface area contributed by atoms with Gasteiger partial charge in [-0.15, -0.1) is 0 Å². The topological polar surface area (TPSA) is 77.7 Å². The molecule has 0 unspecified atom stereocenters. The van der Waals surface area contributed by atoms with E-state index in [1.807, 2.05) is 19.9 Å². The first-order valence-corrected chi connectivity index (χ1v) is 14.3. The van der Waals surface area contributed by atoms with Crippen molar-refractivity contribution < 1.29 is 9.53 Å². The van der Waals surface area contributed by atoms with Crippen LogP contribution < -0.4 is 15.8 Å². The number of H-pyrrole nitrogens is 1. The number of nitrogens with one attached hydrogen (secondary N) is 2. The average Bonchev–Trinajstić information content (AvgIpc) is 2.90. The largest absolute Gasteiger partial charge is 0.381 e. The van der Waals surface area contributed by atoms with Crippen molar-refractivity contribution in [3.8, 4) is 0 Å². The van der Waals surface area contributed by atoms with Crippen molar-refractivity contribution in [3.63, 3.8) is 0 Å². The highest BCUT2D eigenvalue weighted by Gasteiger charge is 2.29. The van der Waals surface area contributed by atoms with Crippen LogP contribution in [0, 0.1) is 20.8 Å². The summed E-state index contributed by atoms with van der Waals surface area (Å²) in [5.74, 6) is 0.268. The van der Waals surface area contributed by atoms with Gasteiger partial charge in [0.05, 0.1) is 0 Å². The van der Waals surface area contributed by atoms with E-state index in [2.05, 4.69) is 60.2 Å². The number of aromatic amines is 1. The van der Waals surface area contributed by atoms with Crippen LogP contribution in [0.1, 0.15) is 89.7 Å². The van der Waals surface area contributed by atoms with E-state index >= 15 is 0 Å². The van der Waals surface area contributed by atoms with Gasteiger partial charge in [-0.3, -0.25) is 9.59 Å². The van der Waals surface area contributed by atoms with Crippen molar-refractivity contribution in [1.82, 2.24) is 15.2 Å². The van der Waals surface area contributed by atoms with Gasteiger partial charge in [0.1, 0.15) is 0 Å². The molecule has 208 valence electrons. The maximum absolute atomic E-state index is 13.6. The summed E-state index contributed by atoms with van der Waals surface area (Å²) in [6, 6.07) is 7.51. The molecule has 2 N–H and O–H groups in total. The molecule has 1 saturated carbocycles. The summed E-state index contributed by atoms with van der Waals surface area (Å²) in [4.78, 5) is 33.9. The van der Waals surface area contributed by atoms with Gasteiger partial charge in [0.25, 0.3) is 11.5 Å². The van der Waals surface area contributed by atoms with Crippen LogP contribution in [0.3, 0.4) is 0 Å². The Labute approximate surface area is 228 Å². The van der Waals surface area contributed by atoms with Crippen LogP contribution in [-0.4, -0.2) is 61.7 Å². The fourth-order valence-corrected chi connectivity index (χ4v) is 6.40. The van der Waals surface area contributed by atoms with Crippen LogP contribution in [0.15, 0.2) is 23.0 Å². The number of pyridine rings is 1. The third-order valence-electron chi connectivity index (χ3n) is 8.75. The Balaban J connectivity index is 1.64. The molecule has 2 aliphatic rings. The molecule has 1 aliphatic carbocycles. The lowest BCUT2D eigenvalue weighted by Gasteiger charge is -2.40. The van der Waals surface area contributed by atoms with Crippen molar-refractivity contribution in [3.05, 3.63) is 62.1 Å². The Hall–Kier alpha value is -2.64. The molecule has 38 heavy (non-hydrogen) atoms. The molecular weight excluding hydrogens is 476 g/mol. The third kappa shape index (κ3) is 6.32. The molecule has 2 aromatic rings. The maximum Gasteiger partial charge on any atom is 0.253 e. The number of nitrogens with zero attached hydrogens (tertiary/aromatic N) is 2. The first-order chi connectivity index (χ1) is 18.2. The van der Waals surface area contributed by atoms with Crippen LogP contribution in [0.4, 0.5) is 5.69 Å². The summed E-state index contributed by atoms with van der Waals surface area (Å²) >= 11 is 0. The molecule has 1 aliphatic heterocycles. The Morgan fingerprint density at radius 3 is 2.26 bits per heavy atom. The lowest BCUT2D eigenvalue weighted by molar-refractivity contribution is 0.0853. The van der Waals surface area contributed by atoms with Gasteiger partial charge >= 0.3 is 0 Å². The predicted molar refractivity (Wildman–Crippen MR) is 154 cm³/mol. The fourth-order valence-electron chi connectivity index (χ4n) is 6.40. The maximum atomic E-state index is 13.6. The van der Waals surface area contributed by atoms with E-state index in [0.29, 0.717) is 29.1 Å². The molecular formula is C31H46N4O3. The van der Waals surface area contributed by atoms with Gasteiger partial charge in [0.2, 0.25) is 0 Å².